The van der Waals surface area contributed by atoms with E-state index >= 15 is 0 Å². The van der Waals surface area contributed by atoms with Crippen LogP contribution in [-0.4, -0.2) is 42.9 Å². The summed E-state index contributed by atoms with van der Waals surface area (Å²) in [6, 6.07) is 2.45. The van der Waals surface area contributed by atoms with Crippen LogP contribution in [0.3, 0.4) is 0 Å². The van der Waals surface area contributed by atoms with Gasteiger partial charge in [-0.25, -0.2) is 8.42 Å². The van der Waals surface area contributed by atoms with Crippen molar-refractivity contribution in [2.24, 2.45) is 0 Å². The predicted octanol–water partition coefficient (Wildman–Crippen LogP) is 1.40. The molecule has 0 spiro atoms. The number of rotatable bonds is 5. The van der Waals surface area contributed by atoms with E-state index in [1.54, 1.807) is 0 Å². The smallest absolute Gasteiger partial charge is 0.178 e. The Morgan fingerprint density at radius 1 is 1.33 bits per heavy atom. The molecule has 1 aliphatic carbocycles. The first-order valence-corrected chi connectivity index (χ1v) is 9.35. The van der Waals surface area contributed by atoms with Gasteiger partial charge in [-0.2, -0.15) is 0 Å². The van der Waals surface area contributed by atoms with E-state index in [0.29, 0.717) is 12.5 Å². The SMILES string of the molecule is Cc1cc(C(=O)CNC2CCS(=O)(=O)C2)c(C)n1C1CC1. The molecule has 0 radical (unpaired) electrons. The van der Waals surface area contributed by atoms with Crippen LogP contribution in [0, 0.1) is 13.8 Å². The number of aryl methyl sites for hydroxylation is 1. The molecule has 1 saturated heterocycles. The van der Waals surface area contributed by atoms with Gasteiger partial charge in [0.05, 0.1) is 18.1 Å². The molecule has 1 aliphatic heterocycles. The second-order valence-corrected chi connectivity index (χ2v) is 8.52. The second kappa shape index (κ2) is 5.25. The van der Waals surface area contributed by atoms with Gasteiger partial charge in [0.2, 0.25) is 0 Å². The van der Waals surface area contributed by atoms with Crippen molar-refractivity contribution in [1.29, 1.82) is 0 Å². The number of nitrogens with one attached hydrogen (secondary N) is 1. The summed E-state index contributed by atoms with van der Waals surface area (Å²) in [5.74, 6) is 0.440. The highest BCUT2D eigenvalue weighted by Crippen LogP contribution is 2.38. The molecule has 21 heavy (non-hydrogen) atoms. The van der Waals surface area contributed by atoms with Crippen LogP contribution in [0.1, 0.15) is 47.1 Å². The van der Waals surface area contributed by atoms with Gasteiger partial charge in [-0.3, -0.25) is 4.79 Å². The third-order valence-electron chi connectivity index (χ3n) is 4.48. The minimum atomic E-state index is -2.90. The van der Waals surface area contributed by atoms with Gasteiger partial charge in [0, 0.05) is 29.0 Å². The molecular weight excluding hydrogens is 288 g/mol. The number of hydrogen-bond donors (Lipinski definition) is 1. The number of carbonyl (C=O) groups excluding carboxylic acids is 1. The monoisotopic (exact) mass is 310 g/mol. The molecule has 0 bridgehead atoms. The fraction of sp³-hybridized carbons (Fsp3) is 0.667. The van der Waals surface area contributed by atoms with Gasteiger partial charge in [-0.05, 0) is 39.2 Å². The molecule has 2 fully saturated rings. The Hall–Kier alpha value is -1.14. The van der Waals surface area contributed by atoms with E-state index in [4.69, 9.17) is 0 Å². The molecule has 1 saturated carbocycles. The Morgan fingerprint density at radius 3 is 2.62 bits per heavy atom. The Balaban J connectivity index is 1.65. The van der Waals surface area contributed by atoms with E-state index in [-0.39, 0.29) is 29.9 Å². The molecule has 3 rings (SSSR count). The van der Waals surface area contributed by atoms with Crippen LogP contribution in [0.15, 0.2) is 6.07 Å². The van der Waals surface area contributed by atoms with Gasteiger partial charge in [0.1, 0.15) is 0 Å². The maximum atomic E-state index is 12.4. The van der Waals surface area contributed by atoms with Crippen LogP contribution in [0.5, 0.6) is 0 Å². The van der Waals surface area contributed by atoms with E-state index in [1.807, 2.05) is 19.9 Å². The van der Waals surface area contributed by atoms with Gasteiger partial charge < -0.3 is 9.88 Å². The van der Waals surface area contributed by atoms with Gasteiger partial charge in [0.25, 0.3) is 0 Å². The number of ketones is 1. The predicted molar refractivity (Wildman–Crippen MR) is 81.6 cm³/mol. The van der Waals surface area contributed by atoms with E-state index in [0.717, 1.165) is 17.0 Å². The molecule has 5 nitrogen and oxygen atoms in total. The molecule has 0 amide bonds. The molecule has 1 N–H and O–H groups in total. The molecule has 6 heteroatoms. The summed E-state index contributed by atoms with van der Waals surface area (Å²) < 4.78 is 25.1. The van der Waals surface area contributed by atoms with Crippen molar-refractivity contribution in [1.82, 2.24) is 9.88 Å². The van der Waals surface area contributed by atoms with Crippen molar-refractivity contribution < 1.29 is 13.2 Å². The molecule has 2 heterocycles. The van der Waals surface area contributed by atoms with Crippen molar-refractivity contribution in [2.45, 2.75) is 45.2 Å². The number of carbonyl (C=O) groups is 1. The summed E-state index contributed by atoms with van der Waals surface area (Å²) in [6.45, 7) is 4.26. The molecule has 116 valence electrons. The van der Waals surface area contributed by atoms with Crippen LogP contribution in [0.25, 0.3) is 0 Å². The zero-order valence-corrected chi connectivity index (χ0v) is 13.4. The van der Waals surface area contributed by atoms with Crippen LogP contribution >= 0.6 is 0 Å². The maximum absolute atomic E-state index is 12.4. The fourth-order valence-electron chi connectivity index (χ4n) is 3.24. The quantitative estimate of drug-likeness (QED) is 0.835. The van der Waals surface area contributed by atoms with Crippen LogP contribution in [0.2, 0.25) is 0 Å². The van der Waals surface area contributed by atoms with Crippen LogP contribution in [0.4, 0.5) is 0 Å². The second-order valence-electron chi connectivity index (χ2n) is 6.29. The van der Waals surface area contributed by atoms with Gasteiger partial charge >= 0.3 is 0 Å². The summed E-state index contributed by atoms with van der Waals surface area (Å²) >= 11 is 0. The van der Waals surface area contributed by atoms with Crippen LogP contribution in [-0.2, 0) is 9.84 Å². The lowest BCUT2D eigenvalue weighted by atomic mass is 10.1. The minimum Gasteiger partial charge on any atom is -0.345 e. The summed E-state index contributed by atoms with van der Waals surface area (Å²) in [7, 11) is -2.90. The normalized spacial score (nSPS) is 24.4. The topological polar surface area (TPSA) is 68.2 Å². The number of sulfone groups is 1. The third kappa shape index (κ3) is 3.06. The van der Waals surface area contributed by atoms with E-state index < -0.39 is 9.84 Å². The zero-order chi connectivity index (χ0) is 15.2. The van der Waals surface area contributed by atoms with Crippen molar-refractivity contribution in [3.05, 3.63) is 23.0 Å². The van der Waals surface area contributed by atoms with Crippen LogP contribution < -0.4 is 5.32 Å². The van der Waals surface area contributed by atoms with Crippen molar-refractivity contribution >= 4 is 15.6 Å². The summed E-state index contributed by atoms with van der Waals surface area (Å²) in [4.78, 5) is 12.4. The standard InChI is InChI=1S/C15H22N2O3S/c1-10-7-14(11(2)17(10)13-3-4-13)15(18)8-16-12-5-6-21(19,20)9-12/h7,12-13,16H,3-6,8-9H2,1-2H3. The lowest BCUT2D eigenvalue weighted by Gasteiger charge is -2.10. The van der Waals surface area contributed by atoms with Gasteiger partial charge in [-0.1, -0.05) is 0 Å². The first-order valence-electron chi connectivity index (χ1n) is 7.53. The number of Topliss-reactive ketones (excluding diaryl/α,β-unsaturated/α-hetero) is 1. The molecule has 1 atom stereocenters. The summed E-state index contributed by atoms with van der Waals surface area (Å²) in [6.07, 6.45) is 3.00. The number of hydrogen-bond acceptors (Lipinski definition) is 4. The zero-order valence-electron chi connectivity index (χ0n) is 12.6. The first kappa shape index (κ1) is 14.8. The summed E-state index contributed by atoms with van der Waals surface area (Å²) in [5, 5.41) is 3.10. The Labute approximate surface area is 125 Å². The van der Waals surface area contributed by atoms with Gasteiger partial charge in [-0.15, -0.1) is 0 Å². The molecule has 1 aromatic rings. The van der Waals surface area contributed by atoms with E-state index in [1.165, 1.54) is 12.8 Å². The third-order valence-corrected chi connectivity index (χ3v) is 6.25. The molecule has 1 aromatic heterocycles. The largest absolute Gasteiger partial charge is 0.345 e. The highest BCUT2D eigenvalue weighted by atomic mass is 32.2. The number of aromatic nitrogens is 1. The molecule has 1 unspecified atom stereocenters. The fourth-order valence-corrected chi connectivity index (χ4v) is 4.95. The van der Waals surface area contributed by atoms with Crippen molar-refractivity contribution in [3.8, 4) is 0 Å². The molecular formula is C15H22N2O3S. The Morgan fingerprint density at radius 2 is 2.05 bits per heavy atom. The number of nitrogens with zero attached hydrogens (tertiary/aromatic N) is 1. The minimum absolute atomic E-state index is 0.0549. The lowest BCUT2D eigenvalue weighted by molar-refractivity contribution is 0.0987. The Kier molecular flexibility index (Phi) is 3.69. The maximum Gasteiger partial charge on any atom is 0.178 e. The molecule has 2 aliphatic rings. The average Bonchev–Trinajstić information content (AvgIpc) is 3.11. The average molecular weight is 310 g/mol. The van der Waals surface area contributed by atoms with Crippen molar-refractivity contribution in [2.75, 3.05) is 18.1 Å². The summed E-state index contributed by atoms with van der Waals surface area (Å²) in [5.41, 5.74) is 2.95. The van der Waals surface area contributed by atoms with Crippen molar-refractivity contribution in [3.63, 3.8) is 0 Å². The van der Waals surface area contributed by atoms with E-state index in [2.05, 4.69) is 9.88 Å². The van der Waals surface area contributed by atoms with Gasteiger partial charge in [0.15, 0.2) is 15.6 Å². The molecule has 0 aromatic carbocycles. The Bertz CT molecular complexity index is 671. The van der Waals surface area contributed by atoms with E-state index in [9.17, 15) is 13.2 Å². The first-order chi connectivity index (χ1) is 9.87. The highest BCUT2D eigenvalue weighted by molar-refractivity contribution is 7.91. The highest BCUT2D eigenvalue weighted by Gasteiger charge is 2.30. The lowest BCUT2D eigenvalue weighted by Crippen LogP contribution is -2.34.